The fourth-order valence-corrected chi connectivity index (χ4v) is 1.12. The van der Waals surface area contributed by atoms with E-state index in [4.69, 9.17) is 0 Å². The van der Waals surface area contributed by atoms with Gasteiger partial charge >= 0.3 is 0 Å². The van der Waals surface area contributed by atoms with E-state index in [0.29, 0.717) is 6.42 Å². The molecule has 0 spiro atoms. The highest BCUT2D eigenvalue weighted by Crippen LogP contribution is 2.17. The molecule has 0 saturated carbocycles. The molecule has 0 rings (SSSR count). The number of Topliss-reactive ketones (excluding diaryl/α,β-unsaturated/α-hetero) is 1. The largest absolute Gasteiger partial charge is 0.359 e. The Morgan fingerprint density at radius 2 is 1.28 bits per heavy atom. The summed E-state index contributed by atoms with van der Waals surface area (Å²) in [4.78, 5) is 21.2. The summed E-state index contributed by atoms with van der Waals surface area (Å²) < 4.78 is 0. The van der Waals surface area contributed by atoms with Crippen LogP contribution in [0.2, 0.25) is 0 Å². The van der Waals surface area contributed by atoms with E-state index >= 15 is 0 Å². The maximum absolute atomic E-state index is 10.7. The fraction of sp³-hybridized carbons (Fsp3) is 0.867. The van der Waals surface area contributed by atoms with Crippen LogP contribution in [-0.2, 0) is 9.59 Å². The molecule has 1 amide bonds. The van der Waals surface area contributed by atoms with Crippen LogP contribution in [0.1, 0.15) is 69.7 Å². The second-order valence-corrected chi connectivity index (χ2v) is 6.27. The van der Waals surface area contributed by atoms with E-state index < -0.39 is 0 Å². The van der Waals surface area contributed by atoms with Gasteiger partial charge in [0.25, 0.3) is 0 Å². The van der Waals surface area contributed by atoms with Crippen LogP contribution in [-0.4, -0.2) is 18.7 Å². The standard InChI is InChI=1S/C7H14O.C6H13NO.2CH4/c1-6(8)5-7(2,3)4;1-6(2,3)5(8)7-4;;/h5H2,1-4H3;1-4H3,(H,7,8);2*1H4. The summed E-state index contributed by atoms with van der Waals surface area (Å²) in [5.41, 5.74) is -0.0689. The highest BCUT2D eigenvalue weighted by atomic mass is 16.2. The zero-order valence-corrected chi connectivity index (χ0v) is 12.0. The molecule has 0 saturated heterocycles. The number of hydrogen-bond donors (Lipinski definition) is 1. The third-order valence-electron chi connectivity index (χ3n) is 1.69. The van der Waals surface area contributed by atoms with Crippen molar-refractivity contribution in [3.05, 3.63) is 0 Å². The molecule has 0 aliphatic rings. The van der Waals surface area contributed by atoms with Crippen molar-refractivity contribution in [1.29, 1.82) is 0 Å². The zero-order chi connectivity index (χ0) is 13.6. The zero-order valence-electron chi connectivity index (χ0n) is 12.0. The predicted molar refractivity (Wildman–Crippen MR) is 81.7 cm³/mol. The Kier molecular flexibility index (Phi) is 14.5. The van der Waals surface area contributed by atoms with Gasteiger partial charge in [-0.2, -0.15) is 0 Å². The molecule has 0 aliphatic heterocycles. The molecule has 1 N–H and O–H groups in total. The third kappa shape index (κ3) is 20.5. The maximum atomic E-state index is 10.7. The molecule has 0 bridgehead atoms. The first-order valence-corrected chi connectivity index (χ1v) is 5.62. The summed E-state index contributed by atoms with van der Waals surface area (Å²) in [6.07, 6.45) is 0.687. The average molecular weight is 261 g/mol. The van der Waals surface area contributed by atoms with E-state index in [1.807, 2.05) is 20.8 Å². The van der Waals surface area contributed by atoms with Gasteiger partial charge < -0.3 is 10.1 Å². The summed E-state index contributed by atoms with van der Waals surface area (Å²) >= 11 is 0. The second-order valence-electron chi connectivity index (χ2n) is 6.27. The van der Waals surface area contributed by atoms with Crippen LogP contribution in [0.15, 0.2) is 0 Å². The molecule has 0 aromatic heterocycles. The SMILES string of the molecule is C.C.CC(=O)CC(C)(C)C.CNC(=O)C(C)(C)C. The van der Waals surface area contributed by atoms with Gasteiger partial charge in [0.2, 0.25) is 5.91 Å². The first-order chi connectivity index (χ1) is 6.90. The Bertz CT molecular complexity index is 232. The van der Waals surface area contributed by atoms with Crippen LogP contribution >= 0.6 is 0 Å². The molecular formula is C15H35NO2. The van der Waals surface area contributed by atoms with Crippen molar-refractivity contribution >= 4 is 11.7 Å². The first-order valence-electron chi connectivity index (χ1n) is 5.62. The van der Waals surface area contributed by atoms with Gasteiger partial charge in [-0.15, -0.1) is 0 Å². The minimum atomic E-state index is -0.241. The van der Waals surface area contributed by atoms with Gasteiger partial charge in [0.15, 0.2) is 0 Å². The van der Waals surface area contributed by atoms with E-state index in [-0.39, 0.29) is 37.4 Å². The van der Waals surface area contributed by atoms with Crippen molar-refractivity contribution in [3.63, 3.8) is 0 Å². The van der Waals surface area contributed by atoms with E-state index in [1.54, 1.807) is 14.0 Å². The lowest BCUT2D eigenvalue weighted by Crippen LogP contribution is -2.31. The second kappa shape index (κ2) is 10.1. The van der Waals surface area contributed by atoms with Gasteiger partial charge in [-0.05, 0) is 12.3 Å². The van der Waals surface area contributed by atoms with Crippen LogP contribution in [0, 0.1) is 10.8 Å². The van der Waals surface area contributed by atoms with Gasteiger partial charge in [-0.3, -0.25) is 4.79 Å². The Morgan fingerprint density at radius 1 is 0.944 bits per heavy atom. The monoisotopic (exact) mass is 261 g/mol. The van der Waals surface area contributed by atoms with E-state index in [9.17, 15) is 9.59 Å². The van der Waals surface area contributed by atoms with Crippen LogP contribution in [0.5, 0.6) is 0 Å². The number of ketones is 1. The topological polar surface area (TPSA) is 46.2 Å². The molecule has 3 heteroatoms. The fourth-order valence-electron chi connectivity index (χ4n) is 1.12. The Morgan fingerprint density at radius 3 is 1.28 bits per heavy atom. The van der Waals surface area contributed by atoms with Crippen molar-refractivity contribution in [2.45, 2.75) is 69.7 Å². The van der Waals surface area contributed by atoms with Crippen molar-refractivity contribution in [2.24, 2.45) is 10.8 Å². The summed E-state index contributed by atoms with van der Waals surface area (Å²) in [6.45, 7) is 13.5. The van der Waals surface area contributed by atoms with Crippen LogP contribution in [0.4, 0.5) is 0 Å². The minimum Gasteiger partial charge on any atom is -0.359 e. The van der Waals surface area contributed by atoms with Crippen molar-refractivity contribution < 1.29 is 9.59 Å². The lowest BCUT2D eigenvalue weighted by Gasteiger charge is -2.14. The lowest BCUT2D eigenvalue weighted by atomic mass is 9.91. The van der Waals surface area contributed by atoms with Gasteiger partial charge in [-0.1, -0.05) is 56.4 Å². The van der Waals surface area contributed by atoms with Crippen LogP contribution < -0.4 is 5.32 Å². The molecular weight excluding hydrogens is 226 g/mol. The number of hydrogen-bond acceptors (Lipinski definition) is 2. The van der Waals surface area contributed by atoms with Gasteiger partial charge in [0, 0.05) is 18.9 Å². The first kappa shape index (κ1) is 25.9. The Balaban J connectivity index is -0.0000000980. The smallest absolute Gasteiger partial charge is 0.225 e. The molecule has 0 heterocycles. The molecule has 18 heavy (non-hydrogen) atoms. The molecule has 0 radical (unpaired) electrons. The predicted octanol–water partition coefficient (Wildman–Crippen LogP) is 4.06. The Hall–Kier alpha value is -0.860. The molecule has 0 unspecified atom stereocenters. The maximum Gasteiger partial charge on any atom is 0.225 e. The molecule has 0 aromatic rings. The number of nitrogens with one attached hydrogen (secondary N) is 1. The van der Waals surface area contributed by atoms with Crippen LogP contribution in [0.25, 0.3) is 0 Å². The van der Waals surface area contributed by atoms with E-state index in [0.717, 1.165) is 0 Å². The van der Waals surface area contributed by atoms with Gasteiger partial charge in [0.1, 0.15) is 5.78 Å². The summed E-state index contributed by atoms with van der Waals surface area (Å²) in [7, 11) is 1.65. The number of rotatable bonds is 1. The number of carbonyl (C=O) groups is 2. The minimum absolute atomic E-state index is 0. The third-order valence-corrected chi connectivity index (χ3v) is 1.69. The molecule has 112 valence electrons. The van der Waals surface area contributed by atoms with Crippen LogP contribution in [0.3, 0.4) is 0 Å². The number of carbonyl (C=O) groups excluding carboxylic acids is 2. The highest BCUT2D eigenvalue weighted by Gasteiger charge is 2.18. The molecule has 3 nitrogen and oxygen atoms in total. The lowest BCUT2D eigenvalue weighted by molar-refractivity contribution is -0.128. The molecule has 0 fully saturated rings. The average Bonchev–Trinajstić information content (AvgIpc) is 1.97. The quantitative estimate of drug-likeness (QED) is 0.773. The highest BCUT2D eigenvalue weighted by molar-refractivity contribution is 5.80. The van der Waals surface area contributed by atoms with Gasteiger partial charge in [-0.25, -0.2) is 0 Å². The molecule has 0 aliphatic carbocycles. The Labute approximate surface area is 115 Å². The summed E-state index contributed by atoms with van der Waals surface area (Å²) in [5, 5.41) is 2.57. The van der Waals surface area contributed by atoms with E-state index in [1.165, 1.54) is 0 Å². The normalized spacial score (nSPS) is 10.0. The molecule has 0 aromatic carbocycles. The van der Waals surface area contributed by atoms with Crippen molar-refractivity contribution in [2.75, 3.05) is 7.05 Å². The van der Waals surface area contributed by atoms with Gasteiger partial charge in [0.05, 0.1) is 0 Å². The number of amides is 1. The van der Waals surface area contributed by atoms with Crippen molar-refractivity contribution in [3.8, 4) is 0 Å². The summed E-state index contributed by atoms with van der Waals surface area (Å²) in [6, 6.07) is 0. The summed E-state index contributed by atoms with van der Waals surface area (Å²) in [5.74, 6) is 0.356. The van der Waals surface area contributed by atoms with Crippen molar-refractivity contribution in [1.82, 2.24) is 5.32 Å². The van der Waals surface area contributed by atoms with E-state index in [2.05, 4.69) is 26.1 Å². The molecule has 0 atom stereocenters.